The van der Waals surface area contributed by atoms with Crippen molar-refractivity contribution in [1.29, 1.82) is 0 Å². The molecule has 3 unspecified atom stereocenters. The molecule has 0 radical (unpaired) electrons. The number of piperidine rings is 1. The van der Waals surface area contributed by atoms with Gasteiger partial charge in [-0.05, 0) is 49.3 Å². The molecule has 1 aliphatic heterocycles. The molecule has 1 heterocycles. The number of hydrogen-bond acceptors (Lipinski definition) is 2. The summed E-state index contributed by atoms with van der Waals surface area (Å²) in [4.78, 5) is 2.65. The minimum Gasteiger partial charge on any atom is -0.329 e. The summed E-state index contributed by atoms with van der Waals surface area (Å²) in [5, 5.41) is 0. The highest BCUT2D eigenvalue weighted by Crippen LogP contribution is 2.42. The largest absolute Gasteiger partial charge is 0.329 e. The van der Waals surface area contributed by atoms with Crippen LogP contribution in [-0.4, -0.2) is 24.0 Å². The molecule has 2 N–H and O–H groups in total. The van der Waals surface area contributed by atoms with Gasteiger partial charge in [0.2, 0.25) is 0 Å². The van der Waals surface area contributed by atoms with Gasteiger partial charge in [-0.25, -0.2) is 0 Å². The molecule has 2 fully saturated rings. The lowest BCUT2D eigenvalue weighted by Crippen LogP contribution is -2.39. The van der Waals surface area contributed by atoms with E-state index in [1.165, 1.54) is 41.4 Å². The number of nitrogens with two attached hydrogens (primary N) is 1. The Morgan fingerprint density at radius 3 is 2.83 bits per heavy atom. The van der Waals surface area contributed by atoms with Crippen LogP contribution in [0.25, 0.3) is 0 Å². The van der Waals surface area contributed by atoms with E-state index in [1.54, 1.807) is 0 Å². The SMILES string of the molecule is Cc1cc(C(CN)N2CC3CCC2C3)ccc1Br. The molecule has 1 aromatic carbocycles. The average molecular weight is 309 g/mol. The van der Waals surface area contributed by atoms with E-state index in [-0.39, 0.29) is 0 Å². The van der Waals surface area contributed by atoms with E-state index in [0.29, 0.717) is 6.04 Å². The maximum absolute atomic E-state index is 6.05. The second-order valence-corrected chi connectivity index (χ2v) is 6.64. The molecule has 0 amide bonds. The number of aryl methyl sites for hydroxylation is 1. The minimum absolute atomic E-state index is 0.409. The second kappa shape index (κ2) is 4.95. The van der Waals surface area contributed by atoms with E-state index in [0.717, 1.165) is 18.5 Å². The smallest absolute Gasteiger partial charge is 0.0473 e. The number of likely N-dealkylation sites (tertiary alicyclic amines) is 1. The van der Waals surface area contributed by atoms with E-state index in [2.05, 4.69) is 46.0 Å². The van der Waals surface area contributed by atoms with E-state index in [4.69, 9.17) is 5.73 Å². The highest BCUT2D eigenvalue weighted by atomic mass is 79.9. The van der Waals surface area contributed by atoms with Gasteiger partial charge in [0.05, 0.1) is 0 Å². The summed E-state index contributed by atoms with van der Waals surface area (Å²) >= 11 is 3.57. The molecular weight excluding hydrogens is 288 g/mol. The van der Waals surface area contributed by atoms with Crippen molar-refractivity contribution < 1.29 is 0 Å². The van der Waals surface area contributed by atoms with Crippen molar-refractivity contribution in [3.63, 3.8) is 0 Å². The van der Waals surface area contributed by atoms with Gasteiger partial charge < -0.3 is 5.73 Å². The molecule has 3 rings (SSSR count). The fourth-order valence-corrected chi connectivity index (χ4v) is 3.93. The van der Waals surface area contributed by atoms with Crippen LogP contribution in [0.3, 0.4) is 0 Å². The number of halogens is 1. The Morgan fingerprint density at radius 1 is 1.44 bits per heavy atom. The average Bonchev–Trinajstić information content (AvgIpc) is 2.97. The summed E-state index contributed by atoms with van der Waals surface area (Å²) < 4.78 is 1.19. The van der Waals surface area contributed by atoms with Crippen LogP contribution in [0.4, 0.5) is 0 Å². The fraction of sp³-hybridized carbons (Fsp3) is 0.600. The van der Waals surface area contributed by atoms with Crippen molar-refractivity contribution in [3.8, 4) is 0 Å². The summed E-state index contributed by atoms with van der Waals surface area (Å²) in [5.74, 6) is 0.931. The molecule has 98 valence electrons. The first kappa shape index (κ1) is 12.6. The van der Waals surface area contributed by atoms with E-state index < -0.39 is 0 Å². The van der Waals surface area contributed by atoms with Gasteiger partial charge in [-0.2, -0.15) is 0 Å². The molecule has 0 aromatic heterocycles. The normalized spacial score (nSPS) is 28.8. The van der Waals surface area contributed by atoms with Crippen LogP contribution < -0.4 is 5.73 Å². The van der Waals surface area contributed by atoms with Crippen molar-refractivity contribution in [2.24, 2.45) is 11.7 Å². The molecule has 1 saturated heterocycles. The Hall–Kier alpha value is -0.380. The van der Waals surface area contributed by atoms with Crippen molar-refractivity contribution in [3.05, 3.63) is 33.8 Å². The highest BCUT2D eigenvalue weighted by molar-refractivity contribution is 9.10. The van der Waals surface area contributed by atoms with E-state index in [9.17, 15) is 0 Å². The Bertz CT molecular complexity index is 446. The zero-order chi connectivity index (χ0) is 12.7. The zero-order valence-electron chi connectivity index (χ0n) is 10.9. The van der Waals surface area contributed by atoms with Crippen LogP contribution in [0.5, 0.6) is 0 Å². The second-order valence-electron chi connectivity index (χ2n) is 5.79. The Morgan fingerprint density at radius 2 is 2.28 bits per heavy atom. The van der Waals surface area contributed by atoms with E-state index >= 15 is 0 Å². The van der Waals surface area contributed by atoms with Gasteiger partial charge in [0.15, 0.2) is 0 Å². The van der Waals surface area contributed by atoms with Gasteiger partial charge in [0.25, 0.3) is 0 Å². The van der Waals surface area contributed by atoms with Crippen molar-refractivity contribution in [1.82, 2.24) is 4.90 Å². The highest BCUT2D eigenvalue weighted by Gasteiger charge is 2.40. The van der Waals surface area contributed by atoms with Crippen LogP contribution in [0, 0.1) is 12.8 Å². The first-order valence-corrected chi connectivity index (χ1v) is 7.70. The third kappa shape index (κ3) is 2.13. The Balaban J connectivity index is 1.85. The molecular formula is C15H21BrN2. The molecule has 1 aliphatic carbocycles. The predicted octanol–water partition coefficient (Wildman–Crippen LogP) is 3.24. The zero-order valence-corrected chi connectivity index (χ0v) is 12.5. The molecule has 2 nitrogen and oxygen atoms in total. The summed E-state index contributed by atoms with van der Waals surface area (Å²) in [6, 6.07) is 7.86. The monoisotopic (exact) mass is 308 g/mol. The minimum atomic E-state index is 0.409. The van der Waals surface area contributed by atoms with Gasteiger partial charge in [-0.15, -0.1) is 0 Å². The number of fused-ring (bicyclic) bond motifs is 2. The molecule has 2 bridgehead atoms. The fourth-order valence-electron chi connectivity index (χ4n) is 3.68. The van der Waals surface area contributed by atoms with Crippen LogP contribution in [0.15, 0.2) is 22.7 Å². The van der Waals surface area contributed by atoms with Gasteiger partial charge in [0, 0.05) is 29.6 Å². The van der Waals surface area contributed by atoms with Gasteiger partial charge >= 0.3 is 0 Å². The van der Waals surface area contributed by atoms with Crippen LogP contribution in [-0.2, 0) is 0 Å². The molecule has 0 spiro atoms. The molecule has 3 atom stereocenters. The Kier molecular flexibility index (Phi) is 3.48. The van der Waals surface area contributed by atoms with Gasteiger partial charge in [-0.3, -0.25) is 4.90 Å². The Labute approximate surface area is 118 Å². The first-order valence-electron chi connectivity index (χ1n) is 6.91. The molecule has 2 aliphatic rings. The topological polar surface area (TPSA) is 29.3 Å². The number of benzene rings is 1. The number of hydrogen-bond donors (Lipinski definition) is 1. The maximum atomic E-state index is 6.05. The van der Waals surface area contributed by atoms with Gasteiger partial charge in [0.1, 0.15) is 0 Å². The summed E-state index contributed by atoms with van der Waals surface area (Å²) in [6.07, 6.45) is 4.19. The first-order chi connectivity index (χ1) is 8.69. The van der Waals surface area contributed by atoms with Crippen LogP contribution in [0.2, 0.25) is 0 Å². The maximum Gasteiger partial charge on any atom is 0.0473 e. The van der Waals surface area contributed by atoms with Gasteiger partial charge in [-0.1, -0.05) is 28.1 Å². The van der Waals surface area contributed by atoms with E-state index in [1.807, 2.05) is 0 Å². The molecule has 1 saturated carbocycles. The van der Waals surface area contributed by atoms with Crippen molar-refractivity contribution in [2.45, 2.75) is 38.3 Å². The molecule has 1 aromatic rings. The summed E-state index contributed by atoms with van der Waals surface area (Å²) in [6.45, 7) is 4.13. The quantitative estimate of drug-likeness (QED) is 0.929. The number of nitrogens with zero attached hydrogens (tertiary/aromatic N) is 1. The van der Waals surface area contributed by atoms with Crippen molar-refractivity contribution >= 4 is 15.9 Å². The standard InChI is InChI=1S/C15H21BrN2/c1-10-6-12(3-5-14(10)16)15(8-17)18-9-11-2-4-13(18)7-11/h3,5-6,11,13,15H,2,4,7-9,17H2,1H3. The summed E-state index contributed by atoms with van der Waals surface area (Å²) in [7, 11) is 0. The predicted molar refractivity (Wildman–Crippen MR) is 78.5 cm³/mol. The lowest BCUT2D eigenvalue weighted by Gasteiger charge is -2.34. The van der Waals surface area contributed by atoms with Crippen LogP contribution in [0.1, 0.15) is 36.4 Å². The summed E-state index contributed by atoms with van der Waals surface area (Å²) in [5.41, 5.74) is 8.73. The molecule has 3 heteroatoms. The lowest BCUT2D eigenvalue weighted by molar-refractivity contribution is 0.153. The number of rotatable bonds is 3. The third-order valence-electron chi connectivity index (χ3n) is 4.64. The van der Waals surface area contributed by atoms with Crippen molar-refractivity contribution in [2.75, 3.05) is 13.1 Å². The third-order valence-corrected chi connectivity index (χ3v) is 5.53. The molecule has 18 heavy (non-hydrogen) atoms. The van der Waals surface area contributed by atoms with Crippen LogP contribution >= 0.6 is 15.9 Å². The lowest BCUT2D eigenvalue weighted by atomic mass is 10.0.